The number of piperidine rings is 1. The van der Waals surface area contributed by atoms with Crippen LogP contribution in [0.3, 0.4) is 0 Å². The molecule has 0 saturated carbocycles. The number of amides is 1. The highest BCUT2D eigenvalue weighted by Crippen LogP contribution is 2.21. The van der Waals surface area contributed by atoms with Gasteiger partial charge in [0.2, 0.25) is 0 Å². The van der Waals surface area contributed by atoms with E-state index >= 15 is 0 Å². The van der Waals surface area contributed by atoms with Gasteiger partial charge in [0.05, 0.1) is 5.56 Å². The molecule has 0 unspecified atom stereocenters. The Bertz CT molecular complexity index is 664. The summed E-state index contributed by atoms with van der Waals surface area (Å²) >= 11 is 0. The lowest BCUT2D eigenvalue weighted by Crippen LogP contribution is -2.43. The maximum absolute atomic E-state index is 12.4. The molecule has 5 heteroatoms. The van der Waals surface area contributed by atoms with Crippen molar-refractivity contribution >= 4 is 17.4 Å². The van der Waals surface area contributed by atoms with Gasteiger partial charge in [-0.3, -0.25) is 4.79 Å². The zero-order valence-electron chi connectivity index (χ0n) is 14.3. The van der Waals surface area contributed by atoms with Crippen LogP contribution in [0.4, 0.5) is 11.5 Å². The first-order valence-corrected chi connectivity index (χ1v) is 8.38. The second-order valence-corrected chi connectivity index (χ2v) is 6.35. The van der Waals surface area contributed by atoms with Crippen molar-refractivity contribution in [1.29, 1.82) is 0 Å². The second-order valence-electron chi connectivity index (χ2n) is 6.35. The highest BCUT2D eigenvalue weighted by atomic mass is 16.1. The first-order chi connectivity index (χ1) is 11.6. The number of hydrogen-bond acceptors (Lipinski definition) is 4. The van der Waals surface area contributed by atoms with Crippen molar-refractivity contribution in [3.8, 4) is 0 Å². The fourth-order valence-corrected chi connectivity index (χ4v) is 2.92. The molecule has 0 atom stereocenters. The number of para-hydroxylation sites is 1. The molecule has 5 nitrogen and oxygen atoms in total. The van der Waals surface area contributed by atoms with Gasteiger partial charge >= 0.3 is 0 Å². The minimum atomic E-state index is -0.0361. The van der Waals surface area contributed by atoms with Gasteiger partial charge in [-0.2, -0.15) is 0 Å². The van der Waals surface area contributed by atoms with E-state index in [0.717, 1.165) is 37.4 Å². The fraction of sp³-hybridized carbons (Fsp3) is 0.368. The van der Waals surface area contributed by atoms with Crippen molar-refractivity contribution in [1.82, 2.24) is 15.2 Å². The maximum atomic E-state index is 12.4. The SMILES string of the molecule is CN1CCC(NC(=O)c2ccc(N(C)c3ccccc3)nc2)CC1. The van der Waals surface area contributed by atoms with Gasteiger partial charge in [0, 0.05) is 25.0 Å². The van der Waals surface area contributed by atoms with Crippen molar-refractivity contribution in [3.05, 3.63) is 54.2 Å². The van der Waals surface area contributed by atoms with Gasteiger partial charge in [0.15, 0.2) is 0 Å². The van der Waals surface area contributed by atoms with Crippen molar-refractivity contribution in [2.45, 2.75) is 18.9 Å². The van der Waals surface area contributed by atoms with Crippen LogP contribution in [0.1, 0.15) is 23.2 Å². The summed E-state index contributed by atoms with van der Waals surface area (Å²) in [5.74, 6) is 0.781. The van der Waals surface area contributed by atoms with E-state index < -0.39 is 0 Å². The zero-order valence-corrected chi connectivity index (χ0v) is 14.3. The summed E-state index contributed by atoms with van der Waals surface area (Å²) in [5, 5.41) is 3.12. The lowest BCUT2D eigenvalue weighted by atomic mass is 10.1. The largest absolute Gasteiger partial charge is 0.349 e. The summed E-state index contributed by atoms with van der Waals surface area (Å²) in [7, 11) is 4.08. The average molecular weight is 324 g/mol. The number of carbonyl (C=O) groups excluding carboxylic acids is 1. The number of carbonyl (C=O) groups is 1. The Morgan fingerprint density at radius 2 is 1.88 bits per heavy atom. The Balaban J connectivity index is 1.62. The third-order valence-electron chi connectivity index (χ3n) is 4.55. The number of benzene rings is 1. The van der Waals surface area contributed by atoms with Crippen LogP contribution >= 0.6 is 0 Å². The topological polar surface area (TPSA) is 48.5 Å². The molecule has 0 aliphatic carbocycles. The molecule has 2 aromatic rings. The van der Waals surface area contributed by atoms with Crippen LogP contribution in [-0.2, 0) is 0 Å². The number of hydrogen-bond donors (Lipinski definition) is 1. The lowest BCUT2D eigenvalue weighted by molar-refractivity contribution is 0.0916. The normalized spacial score (nSPS) is 15.9. The molecule has 1 saturated heterocycles. The van der Waals surface area contributed by atoms with E-state index in [0.29, 0.717) is 5.56 Å². The van der Waals surface area contributed by atoms with Crippen LogP contribution in [0.15, 0.2) is 48.7 Å². The minimum absolute atomic E-state index is 0.0361. The third-order valence-corrected chi connectivity index (χ3v) is 4.55. The van der Waals surface area contributed by atoms with E-state index in [-0.39, 0.29) is 11.9 Å². The Morgan fingerprint density at radius 3 is 2.50 bits per heavy atom. The predicted octanol–water partition coefficient (Wildman–Crippen LogP) is 2.67. The summed E-state index contributed by atoms with van der Waals surface area (Å²) in [4.78, 5) is 21.1. The van der Waals surface area contributed by atoms with E-state index in [1.54, 1.807) is 6.20 Å². The number of likely N-dealkylation sites (tertiary alicyclic amines) is 1. The summed E-state index contributed by atoms with van der Waals surface area (Å²) in [5.41, 5.74) is 1.67. The number of nitrogens with zero attached hydrogens (tertiary/aromatic N) is 3. The fourth-order valence-electron chi connectivity index (χ4n) is 2.92. The summed E-state index contributed by atoms with van der Waals surface area (Å²) < 4.78 is 0. The molecule has 0 bridgehead atoms. The Morgan fingerprint density at radius 1 is 1.17 bits per heavy atom. The van der Waals surface area contributed by atoms with E-state index in [9.17, 15) is 4.79 Å². The summed E-state index contributed by atoms with van der Waals surface area (Å²) in [6, 6.07) is 14.0. The van der Waals surface area contributed by atoms with Crippen LogP contribution in [0, 0.1) is 0 Å². The molecule has 0 radical (unpaired) electrons. The predicted molar refractivity (Wildman–Crippen MR) is 96.7 cm³/mol. The number of rotatable bonds is 4. The molecule has 1 amide bonds. The van der Waals surface area contributed by atoms with Crippen molar-refractivity contribution in [2.75, 3.05) is 32.1 Å². The van der Waals surface area contributed by atoms with Gasteiger partial charge in [0.1, 0.15) is 5.82 Å². The van der Waals surface area contributed by atoms with E-state index in [1.807, 2.05) is 54.4 Å². The van der Waals surface area contributed by atoms with Crippen LogP contribution in [0.5, 0.6) is 0 Å². The molecule has 24 heavy (non-hydrogen) atoms. The summed E-state index contributed by atoms with van der Waals surface area (Å²) in [6.45, 7) is 2.06. The standard InChI is InChI=1S/C19H24N4O/c1-22-12-10-16(11-13-22)21-19(24)15-8-9-18(20-14-15)23(2)17-6-4-3-5-7-17/h3-9,14,16H,10-13H2,1-2H3,(H,21,24). The molecule has 1 aromatic heterocycles. The number of aromatic nitrogens is 1. The van der Waals surface area contributed by atoms with Crippen molar-refractivity contribution < 1.29 is 4.79 Å². The highest BCUT2D eigenvalue weighted by Gasteiger charge is 2.19. The van der Waals surface area contributed by atoms with Crippen molar-refractivity contribution in [3.63, 3.8) is 0 Å². The molecule has 1 fully saturated rings. The van der Waals surface area contributed by atoms with Gasteiger partial charge in [-0.05, 0) is 57.2 Å². The van der Waals surface area contributed by atoms with Gasteiger partial charge in [-0.25, -0.2) is 4.98 Å². The Kier molecular flexibility index (Phi) is 5.11. The second kappa shape index (κ2) is 7.45. The van der Waals surface area contributed by atoms with E-state index in [4.69, 9.17) is 0 Å². The minimum Gasteiger partial charge on any atom is -0.349 e. The van der Waals surface area contributed by atoms with E-state index in [2.05, 4.69) is 22.2 Å². The molecule has 2 heterocycles. The molecule has 1 aliphatic rings. The Labute approximate surface area is 143 Å². The number of nitrogens with one attached hydrogen (secondary N) is 1. The van der Waals surface area contributed by atoms with Crippen molar-refractivity contribution in [2.24, 2.45) is 0 Å². The van der Waals surface area contributed by atoms with Gasteiger partial charge in [-0.1, -0.05) is 18.2 Å². The average Bonchev–Trinajstić information content (AvgIpc) is 2.64. The first-order valence-electron chi connectivity index (χ1n) is 8.38. The molecule has 1 N–H and O–H groups in total. The highest BCUT2D eigenvalue weighted by molar-refractivity contribution is 5.94. The van der Waals surface area contributed by atoms with Crippen LogP contribution in [0.25, 0.3) is 0 Å². The molecular formula is C19H24N4O. The Hall–Kier alpha value is -2.40. The molecule has 3 rings (SSSR count). The monoisotopic (exact) mass is 324 g/mol. The first kappa shape index (κ1) is 16.5. The van der Waals surface area contributed by atoms with Crippen LogP contribution in [0.2, 0.25) is 0 Å². The number of pyridine rings is 1. The summed E-state index contributed by atoms with van der Waals surface area (Å²) in [6.07, 6.45) is 3.66. The van der Waals surface area contributed by atoms with Gasteiger partial charge < -0.3 is 15.1 Å². The quantitative estimate of drug-likeness (QED) is 0.939. The molecule has 0 spiro atoms. The van der Waals surface area contributed by atoms with Gasteiger partial charge in [0.25, 0.3) is 5.91 Å². The molecule has 1 aliphatic heterocycles. The number of anilines is 2. The van der Waals surface area contributed by atoms with Crippen LogP contribution in [-0.4, -0.2) is 49.0 Å². The lowest BCUT2D eigenvalue weighted by Gasteiger charge is -2.29. The zero-order chi connectivity index (χ0) is 16.9. The molecule has 126 valence electrons. The van der Waals surface area contributed by atoms with Crippen LogP contribution < -0.4 is 10.2 Å². The molecule has 1 aromatic carbocycles. The molecular weight excluding hydrogens is 300 g/mol. The van der Waals surface area contributed by atoms with E-state index in [1.165, 1.54) is 0 Å². The van der Waals surface area contributed by atoms with Gasteiger partial charge in [-0.15, -0.1) is 0 Å². The third kappa shape index (κ3) is 3.92. The maximum Gasteiger partial charge on any atom is 0.253 e. The smallest absolute Gasteiger partial charge is 0.253 e.